The van der Waals surface area contributed by atoms with Crippen LogP contribution < -0.4 is 4.90 Å². The van der Waals surface area contributed by atoms with Crippen molar-refractivity contribution >= 4 is 17.6 Å². The molecule has 0 aromatic carbocycles. The Morgan fingerprint density at radius 1 is 1.42 bits per heavy atom. The largest absolute Gasteiger partial charge is 0.477 e. The summed E-state index contributed by atoms with van der Waals surface area (Å²) in [7, 11) is 1.84. The molecule has 3 heterocycles. The topological polar surface area (TPSA) is 96.8 Å². The number of imidazole rings is 1. The van der Waals surface area contributed by atoms with Crippen LogP contribution in [0.1, 0.15) is 42.5 Å². The maximum atomic E-state index is 11.3. The number of rotatable bonds is 4. The predicted octanol–water partition coefficient (Wildman–Crippen LogP) is 2.35. The smallest absolute Gasteiger partial charge is 0.354 e. The van der Waals surface area contributed by atoms with Crippen molar-refractivity contribution in [1.82, 2.24) is 19.5 Å². The Hall–Kier alpha value is -2.90. The second-order valence-corrected chi connectivity index (χ2v) is 6.70. The van der Waals surface area contributed by atoms with Gasteiger partial charge in [-0.05, 0) is 0 Å². The lowest BCUT2D eigenvalue weighted by molar-refractivity contribution is 0.0690. The summed E-state index contributed by atoms with van der Waals surface area (Å²) in [4.78, 5) is 21.6. The van der Waals surface area contributed by atoms with Crippen LogP contribution in [-0.2, 0) is 12.0 Å². The van der Waals surface area contributed by atoms with Crippen LogP contribution >= 0.6 is 0 Å². The highest BCUT2D eigenvalue weighted by Gasteiger charge is 2.24. The molecule has 0 spiro atoms. The van der Waals surface area contributed by atoms with E-state index in [1.54, 1.807) is 23.1 Å². The maximum Gasteiger partial charge on any atom is 0.354 e. The molecule has 8 nitrogen and oxygen atoms in total. The van der Waals surface area contributed by atoms with Crippen molar-refractivity contribution in [3.8, 4) is 0 Å². The van der Waals surface area contributed by atoms with Crippen molar-refractivity contribution in [2.75, 3.05) is 11.9 Å². The SMILES string of the molecule is CN(Cc1conc1C(C)(C)C)c1nc(C(=O)O)cc2nccn12. The van der Waals surface area contributed by atoms with Crippen LogP contribution in [0.5, 0.6) is 0 Å². The van der Waals surface area contributed by atoms with Gasteiger partial charge in [-0.25, -0.2) is 14.8 Å². The fourth-order valence-corrected chi connectivity index (χ4v) is 2.60. The predicted molar refractivity (Wildman–Crippen MR) is 87.3 cm³/mol. The van der Waals surface area contributed by atoms with Gasteiger partial charge in [0.05, 0.1) is 12.2 Å². The van der Waals surface area contributed by atoms with Gasteiger partial charge < -0.3 is 14.5 Å². The first-order chi connectivity index (χ1) is 11.3. The summed E-state index contributed by atoms with van der Waals surface area (Å²) in [5.74, 6) is -0.598. The van der Waals surface area contributed by atoms with Gasteiger partial charge in [-0.1, -0.05) is 25.9 Å². The standard InChI is InChI=1S/C16H19N5O3/c1-16(2,3)13-10(9-24-19-13)8-20(4)15-18-11(14(22)23)7-12-17-5-6-21(12)15/h5-7,9H,8H2,1-4H3,(H,22,23). The maximum absolute atomic E-state index is 11.3. The number of fused-ring (bicyclic) bond motifs is 1. The van der Waals surface area contributed by atoms with E-state index in [-0.39, 0.29) is 11.1 Å². The van der Waals surface area contributed by atoms with Crippen LogP contribution in [0.2, 0.25) is 0 Å². The monoisotopic (exact) mass is 329 g/mol. The van der Waals surface area contributed by atoms with E-state index < -0.39 is 5.97 Å². The highest BCUT2D eigenvalue weighted by Crippen LogP contribution is 2.26. The third kappa shape index (κ3) is 2.82. The van der Waals surface area contributed by atoms with Crippen molar-refractivity contribution in [1.29, 1.82) is 0 Å². The average molecular weight is 329 g/mol. The van der Waals surface area contributed by atoms with Gasteiger partial charge in [0.2, 0.25) is 5.95 Å². The van der Waals surface area contributed by atoms with Crippen LogP contribution in [-0.4, -0.2) is 37.6 Å². The van der Waals surface area contributed by atoms with Crippen molar-refractivity contribution in [3.63, 3.8) is 0 Å². The minimum Gasteiger partial charge on any atom is -0.477 e. The molecule has 8 heteroatoms. The summed E-state index contributed by atoms with van der Waals surface area (Å²) >= 11 is 0. The fourth-order valence-electron chi connectivity index (χ4n) is 2.60. The van der Waals surface area contributed by atoms with E-state index in [9.17, 15) is 9.90 Å². The number of aromatic nitrogens is 4. The van der Waals surface area contributed by atoms with E-state index >= 15 is 0 Å². The van der Waals surface area contributed by atoms with Crippen molar-refractivity contribution in [2.45, 2.75) is 32.7 Å². The molecule has 0 aliphatic rings. The highest BCUT2D eigenvalue weighted by atomic mass is 16.5. The average Bonchev–Trinajstić information content (AvgIpc) is 3.13. The zero-order valence-corrected chi connectivity index (χ0v) is 14.0. The number of carbonyl (C=O) groups is 1. The molecule has 0 amide bonds. The molecule has 0 fully saturated rings. The number of carboxylic acid groups (broad SMARTS) is 1. The van der Waals surface area contributed by atoms with Gasteiger partial charge in [0.1, 0.15) is 11.9 Å². The van der Waals surface area contributed by atoms with Crippen molar-refractivity contribution < 1.29 is 14.4 Å². The zero-order valence-electron chi connectivity index (χ0n) is 14.0. The summed E-state index contributed by atoms with van der Waals surface area (Å²) in [6, 6.07) is 1.44. The first-order valence-corrected chi connectivity index (χ1v) is 7.49. The van der Waals surface area contributed by atoms with Gasteiger partial charge in [-0.2, -0.15) is 0 Å². The first-order valence-electron chi connectivity index (χ1n) is 7.49. The molecule has 0 atom stereocenters. The van der Waals surface area contributed by atoms with Crippen molar-refractivity contribution in [2.24, 2.45) is 0 Å². The number of carboxylic acids is 1. The van der Waals surface area contributed by atoms with Gasteiger partial charge >= 0.3 is 5.97 Å². The molecule has 3 rings (SSSR count). The number of hydrogen-bond acceptors (Lipinski definition) is 6. The van der Waals surface area contributed by atoms with Gasteiger partial charge in [-0.3, -0.25) is 4.40 Å². The number of aromatic carboxylic acids is 1. The number of hydrogen-bond donors (Lipinski definition) is 1. The van der Waals surface area contributed by atoms with Gasteiger partial charge in [-0.15, -0.1) is 0 Å². The minimum atomic E-state index is -1.09. The molecule has 0 aliphatic heterocycles. The molecule has 0 aliphatic carbocycles. The Morgan fingerprint density at radius 2 is 2.17 bits per heavy atom. The molecule has 0 radical (unpaired) electrons. The first kappa shape index (κ1) is 16.0. The Kier molecular flexibility index (Phi) is 3.75. The lowest BCUT2D eigenvalue weighted by Crippen LogP contribution is -2.24. The highest BCUT2D eigenvalue weighted by molar-refractivity contribution is 5.87. The Balaban J connectivity index is 2.00. The molecular weight excluding hydrogens is 310 g/mol. The molecule has 1 N–H and O–H groups in total. The molecular formula is C16H19N5O3. The molecule has 0 saturated carbocycles. The zero-order chi connectivity index (χ0) is 17.5. The molecule has 3 aromatic rings. The summed E-state index contributed by atoms with van der Waals surface area (Å²) in [6.07, 6.45) is 4.97. The summed E-state index contributed by atoms with van der Waals surface area (Å²) in [5.41, 5.74) is 2.14. The Labute approximate surface area is 138 Å². The summed E-state index contributed by atoms with van der Waals surface area (Å²) in [6.45, 7) is 6.67. The van der Waals surface area contributed by atoms with Crippen LogP contribution in [0.15, 0.2) is 29.2 Å². The van der Waals surface area contributed by atoms with Gasteiger partial charge in [0.15, 0.2) is 5.69 Å². The minimum absolute atomic E-state index is 0.0445. The van der Waals surface area contributed by atoms with Crippen LogP contribution in [0.4, 0.5) is 5.95 Å². The Bertz CT molecular complexity index is 891. The lowest BCUT2D eigenvalue weighted by atomic mass is 9.89. The van der Waals surface area contributed by atoms with Crippen LogP contribution in [0.3, 0.4) is 0 Å². The molecule has 0 saturated heterocycles. The van der Waals surface area contributed by atoms with Gasteiger partial charge in [0.25, 0.3) is 0 Å². The van der Waals surface area contributed by atoms with E-state index in [1.807, 2.05) is 11.9 Å². The number of anilines is 1. The molecule has 126 valence electrons. The fraction of sp³-hybridized carbons (Fsp3) is 0.375. The van der Waals surface area contributed by atoms with Crippen LogP contribution in [0, 0.1) is 0 Å². The van der Waals surface area contributed by atoms with Crippen molar-refractivity contribution in [3.05, 3.63) is 41.7 Å². The summed E-state index contributed by atoms with van der Waals surface area (Å²) < 4.78 is 6.88. The second-order valence-electron chi connectivity index (χ2n) is 6.70. The van der Waals surface area contributed by atoms with E-state index in [0.29, 0.717) is 18.1 Å². The third-order valence-corrected chi connectivity index (χ3v) is 3.69. The Morgan fingerprint density at radius 3 is 2.83 bits per heavy atom. The molecule has 3 aromatic heterocycles. The lowest BCUT2D eigenvalue weighted by Gasteiger charge is -2.22. The number of nitrogens with zero attached hydrogens (tertiary/aromatic N) is 5. The summed E-state index contributed by atoms with van der Waals surface area (Å²) in [5, 5.41) is 13.3. The van der Waals surface area contributed by atoms with Crippen LogP contribution in [0.25, 0.3) is 5.65 Å². The third-order valence-electron chi connectivity index (χ3n) is 3.69. The molecule has 0 unspecified atom stereocenters. The van der Waals surface area contributed by atoms with E-state index in [4.69, 9.17) is 4.52 Å². The quantitative estimate of drug-likeness (QED) is 0.784. The molecule has 0 bridgehead atoms. The van der Waals surface area contributed by atoms with E-state index in [2.05, 4.69) is 35.9 Å². The van der Waals surface area contributed by atoms with Gasteiger partial charge in [0, 0.05) is 36.5 Å². The van der Waals surface area contributed by atoms with E-state index in [1.165, 1.54) is 6.07 Å². The normalized spacial score (nSPS) is 11.8. The second kappa shape index (κ2) is 5.63. The van der Waals surface area contributed by atoms with E-state index in [0.717, 1.165) is 11.3 Å². The molecule has 24 heavy (non-hydrogen) atoms.